The van der Waals surface area contributed by atoms with Crippen LogP contribution in [-0.2, 0) is 4.79 Å². The molecule has 0 saturated carbocycles. The van der Waals surface area contributed by atoms with E-state index in [0.717, 1.165) is 47.2 Å². The molecule has 0 aromatic heterocycles. The highest BCUT2D eigenvalue weighted by Crippen LogP contribution is 2.65. The average Bonchev–Trinajstić information content (AvgIpc) is 2.98. The van der Waals surface area contributed by atoms with E-state index < -0.39 is 7.26 Å². The predicted octanol–water partition coefficient (Wildman–Crippen LogP) is 4.22. The minimum atomic E-state index is -2.58. The summed E-state index contributed by atoms with van der Waals surface area (Å²) in [6.07, 6.45) is 4.01. The molecule has 0 heterocycles. The zero-order valence-electron chi connectivity index (χ0n) is 22.7. The molecule has 0 N–H and O–H groups in total. The zero-order valence-corrected chi connectivity index (χ0v) is 25.2. The van der Waals surface area contributed by atoms with Crippen molar-refractivity contribution < 1.29 is 31.2 Å². The molecule has 0 aliphatic carbocycles. The Bertz CT molecular complexity index is 1240. The smallest absolute Gasteiger partial charge is 0.199 e. The highest BCUT2D eigenvalue weighted by Gasteiger charge is 2.51. The molecule has 4 aromatic carbocycles. The number of hydrogen-bond donors (Lipinski definition) is 0. The van der Waals surface area contributed by atoms with Gasteiger partial charge in [0.1, 0.15) is 15.9 Å². The van der Waals surface area contributed by atoms with Crippen molar-refractivity contribution in [2.75, 3.05) is 13.2 Å². The molecule has 4 aromatic rings. The molecule has 39 heavy (non-hydrogen) atoms. The highest BCUT2D eigenvalue weighted by atomic mass is 79.9. The summed E-state index contributed by atoms with van der Waals surface area (Å²) < 4.78 is 12.3. The lowest BCUT2D eigenvalue weighted by molar-refractivity contribution is -0.00000940. The fourth-order valence-electron chi connectivity index (χ4n) is 4.65. The van der Waals surface area contributed by atoms with Gasteiger partial charge >= 0.3 is 0 Å². The van der Waals surface area contributed by atoms with Gasteiger partial charge in [-0.2, -0.15) is 0 Å². The van der Waals surface area contributed by atoms with E-state index in [1.165, 1.54) is 0 Å². The summed E-state index contributed by atoms with van der Waals surface area (Å²) in [4.78, 5) is 13.1. The molecule has 5 heteroatoms. The van der Waals surface area contributed by atoms with Crippen molar-refractivity contribution in [3.05, 3.63) is 115 Å². The van der Waals surface area contributed by atoms with Gasteiger partial charge in [-0.1, -0.05) is 81.3 Å². The minimum Gasteiger partial charge on any atom is -1.00 e. The van der Waals surface area contributed by atoms with Crippen LogP contribution in [0, 0.1) is 0 Å². The second-order valence-electron chi connectivity index (χ2n) is 9.19. The molecular formula is C34H36BrO3P. The summed E-state index contributed by atoms with van der Waals surface area (Å²) in [5.74, 6) is 3.83. The minimum absolute atomic E-state index is 0. The molecule has 0 bridgehead atoms. The Morgan fingerprint density at radius 1 is 0.641 bits per heavy atom. The van der Waals surface area contributed by atoms with E-state index in [2.05, 4.69) is 56.2 Å². The van der Waals surface area contributed by atoms with Gasteiger partial charge in [0.05, 0.1) is 13.2 Å². The normalized spacial score (nSPS) is 10.7. The van der Waals surface area contributed by atoms with Gasteiger partial charge in [0.25, 0.3) is 0 Å². The largest absolute Gasteiger partial charge is 1.00 e. The van der Waals surface area contributed by atoms with Crippen molar-refractivity contribution in [3.8, 4) is 11.5 Å². The van der Waals surface area contributed by atoms with Crippen LogP contribution >= 0.6 is 7.26 Å². The van der Waals surface area contributed by atoms with E-state index in [0.29, 0.717) is 30.0 Å². The van der Waals surface area contributed by atoms with Gasteiger partial charge < -0.3 is 26.5 Å². The third-order valence-electron chi connectivity index (χ3n) is 6.59. The number of benzene rings is 4. The van der Waals surface area contributed by atoms with Gasteiger partial charge in [0, 0.05) is 5.56 Å². The molecule has 4 rings (SSSR count). The standard InChI is InChI=1S/C34H36O3P.BrH/c1-3-5-24-36-32-23-22-28(26-33(32)37-25-6-4-2)34(27-35)38(29-16-10-7-11-17-29,30-18-12-8-13-19-30)31-20-14-9-15-21-31;/h7-23,26H,3-6,24-25H2,1-2H3;1H/q+1;/p-1. The van der Waals surface area contributed by atoms with Crippen molar-refractivity contribution in [2.45, 2.75) is 39.5 Å². The SMILES string of the molecule is CCCCOc1ccc(C(=C=O)[P+](c2ccccc2)(c2ccccc2)c2ccccc2)cc1OCCCC.[Br-]. The van der Waals surface area contributed by atoms with Crippen molar-refractivity contribution in [1.29, 1.82) is 0 Å². The van der Waals surface area contributed by atoms with Crippen LogP contribution in [0.3, 0.4) is 0 Å². The Morgan fingerprint density at radius 2 is 1.08 bits per heavy atom. The van der Waals surface area contributed by atoms with E-state index in [1.54, 1.807) is 0 Å². The first-order valence-electron chi connectivity index (χ1n) is 13.5. The van der Waals surface area contributed by atoms with E-state index >= 15 is 0 Å². The lowest BCUT2D eigenvalue weighted by atomic mass is 10.2. The summed E-state index contributed by atoms with van der Waals surface area (Å²) in [5.41, 5.74) is 0.805. The van der Waals surface area contributed by atoms with E-state index in [4.69, 9.17) is 9.47 Å². The summed E-state index contributed by atoms with van der Waals surface area (Å²) in [7, 11) is -2.58. The Hall–Kier alpha value is -3.16. The van der Waals surface area contributed by atoms with Crippen LogP contribution in [0.2, 0.25) is 0 Å². The summed E-state index contributed by atoms with van der Waals surface area (Å²) in [5, 5.41) is 3.95. The summed E-state index contributed by atoms with van der Waals surface area (Å²) in [6.45, 7) is 5.52. The molecule has 3 nitrogen and oxygen atoms in total. The van der Waals surface area contributed by atoms with Gasteiger partial charge in [-0.15, -0.1) is 0 Å². The van der Waals surface area contributed by atoms with Crippen molar-refractivity contribution >= 4 is 34.4 Å². The molecule has 0 spiro atoms. The second-order valence-corrected chi connectivity index (χ2v) is 12.5. The van der Waals surface area contributed by atoms with E-state index in [-0.39, 0.29) is 17.0 Å². The first kappa shape index (κ1) is 30.4. The van der Waals surface area contributed by atoms with Crippen LogP contribution in [0.1, 0.15) is 45.1 Å². The molecule has 0 amide bonds. The fourth-order valence-corrected chi connectivity index (χ4v) is 8.84. The number of hydrogen-bond acceptors (Lipinski definition) is 3. The monoisotopic (exact) mass is 602 g/mol. The summed E-state index contributed by atoms with van der Waals surface area (Å²) in [6, 6.07) is 37.0. The number of rotatable bonds is 13. The topological polar surface area (TPSA) is 35.5 Å². The Morgan fingerprint density at radius 3 is 1.49 bits per heavy atom. The maximum absolute atomic E-state index is 13.1. The van der Waals surface area contributed by atoms with Crippen LogP contribution in [0.15, 0.2) is 109 Å². The molecule has 0 aliphatic rings. The third kappa shape index (κ3) is 6.89. The van der Waals surface area contributed by atoms with Gasteiger partial charge in [-0.05, 0) is 67.4 Å². The van der Waals surface area contributed by atoms with Crippen LogP contribution in [-0.4, -0.2) is 19.2 Å². The molecule has 202 valence electrons. The molecule has 0 aliphatic heterocycles. The van der Waals surface area contributed by atoms with Crippen molar-refractivity contribution in [2.24, 2.45) is 0 Å². The van der Waals surface area contributed by atoms with Crippen LogP contribution in [0.25, 0.3) is 5.31 Å². The van der Waals surface area contributed by atoms with Crippen LogP contribution in [0.4, 0.5) is 0 Å². The molecule has 0 saturated heterocycles. The number of unbranched alkanes of at least 4 members (excludes halogenated alkanes) is 2. The first-order valence-corrected chi connectivity index (χ1v) is 15.3. The van der Waals surface area contributed by atoms with E-state index in [9.17, 15) is 4.79 Å². The van der Waals surface area contributed by atoms with Crippen molar-refractivity contribution in [1.82, 2.24) is 0 Å². The molecule has 0 fully saturated rings. The Labute approximate surface area is 244 Å². The van der Waals surface area contributed by atoms with Crippen molar-refractivity contribution in [3.63, 3.8) is 0 Å². The summed E-state index contributed by atoms with van der Waals surface area (Å²) >= 11 is 0. The van der Waals surface area contributed by atoms with Gasteiger partial charge in [0.2, 0.25) is 0 Å². The lowest BCUT2D eigenvalue weighted by Gasteiger charge is -2.28. The van der Waals surface area contributed by atoms with Crippen LogP contribution < -0.4 is 42.4 Å². The quantitative estimate of drug-likeness (QED) is 0.131. The van der Waals surface area contributed by atoms with Gasteiger partial charge in [-0.25, -0.2) is 4.79 Å². The van der Waals surface area contributed by atoms with Gasteiger partial charge in [0.15, 0.2) is 30.0 Å². The Kier molecular flexibility index (Phi) is 12.0. The molecule has 0 radical (unpaired) electrons. The first-order chi connectivity index (χ1) is 18.7. The highest BCUT2D eigenvalue weighted by molar-refractivity contribution is 8.03. The Balaban J connectivity index is 0.00000420. The molecule has 0 atom stereocenters. The van der Waals surface area contributed by atoms with Crippen LogP contribution in [0.5, 0.6) is 11.5 Å². The average molecular weight is 604 g/mol. The lowest BCUT2D eigenvalue weighted by Crippen LogP contribution is -3.00. The maximum Gasteiger partial charge on any atom is 0.199 e. The second kappa shape index (κ2) is 15.4. The van der Waals surface area contributed by atoms with Gasteiger partial charge in [-0.3, -0.25) is 0 Å². The zero-order chi connectivity index (χ0) is 26.6. The fraction of sp³-hybridized carbons (Fsp3) is 0.235. The predicted molar refractivity (Wildman–Crippen MR) is 161 cm³/mol. The number of ether oxygens (including phenoxy) is 2. The number of carbonyl (C=O) groups excluding carboxylic acids is 1. The number of halogens is 1. The molecule has 0 unspecified atom stereocenters. The van der Waals surface area contributed by atoms with E-state index in [1.807, 2.05) is 72.8 Å². The third-order valence-corrected chi connectivity index (χ3v) is 10.8. The maximum atomic E-state index is 13.1. The molecular weight excluding hydrogens is 567 g/mol.